The molecule has 1 atom stereocenters. The zero-order valence-electron chi connectivity index (χ0n) is 9.08. The van der Waals surface area contributed by atoms with E-state index >= 15 is 0 Å². The van der Waals surface area contributed by atoms with Gasteiger partial charge in [0.1, 0.15) is 0 Å². The lowest BCUT2D eigenvalue weighted by Gasteiger charge is -2.09. The van der Waals surface area contributed by atoms with Crippen molar-refractivity contribution >= 4 is 16.4 Å². The smallest absolute Gasteiger partial charge is 0.394 e. The van der Waals surface area contributed by atoms with Gasteiger partial charge in [-0.1, -0.05) is 19.9 Å². The second kappa shape index (κ2) is 8.22. The highest BCUT2D eigenvalue weighted by molar-refractivity contribution is 7.79. The van der Waals surface area contributed by atoms with Crippen molar-refractivity contribution in [3.8, 4) is 0 Å². The Labute approximate surface area is 94.3 Å². The molecule has 0 aliphatic heterocycles. The van der Waals surface area contributed by atoms with E-state index in [1.165, 1.54) is 0 Å². The van der Waals surface area contributed by atoms with Crippen LogP contribution in [0.2, 0.25) is 0 Å². The first-order chi connectivity index (χ1) is 7.07. The molecule has 0 heterocycles. The molecule has 0 saturated heterocycles. The number of aliphatic hydroxyl groups excluding tert-OH is 1. The van der Waals surface area contributed by atoms with E-state index in [4.69, 9.17) is 22.6 Å². The van der Waals surface area contributed by atoms with Gasteiger partial charge >= 0.3 is 16.4 Å². The molecule has 0 aromatic heterocycles. The molecule has 1 unspecified atom stereocenters. The Kier molecular flexibility index (Phi) is 8.96. The normalized spacial score (nSPS) is 12.1. The van der Waals surface area contributed by atoms with Gasteiger partial charge in [-0.3, -0.25) is 9.11 Å². The minimum absolute atomic E-state index is 0.306. The summed E-state index contributed by atoms with van der Waals surface area (Å²) in [6.45, 7) is 6.83. The van der Waals surface area contributed by atoms with Gasteiger partial charge in [0.25, 0.3) is 0 Å². The molecule has 0 aliphatic rings. The van der Waals surface area contributed by atoms with E-state index in [1.807, 2.05) is 6.92 Å². The lowest BCUT2D eigenvalue weighted by Crippen LogP contribution is -2.17. The first-order valence-corrected chi connectivity index (χ1v) is 5.72. The maximum absolute atomic E-state index is 10.7. The van der Waals surface area contributed by atoms with E-state index in [2.05, 4.69) is 11.3 Å². The Hall–Kier alpha value is -0.960. The number of aliphatic hydroxyl groups is 1. The molecule has 0 fully saturated rings. The third-order valence-corrected chi connectivity index (χ3v) is 1.13. The average Bonchev–Trinajstić information content (AvgIpc) is 2.00. The Morgan fingerprint density at radius 3 is 2.06 bits per heavy atom. The molecular weight excluding hydrogens is 240 g/mol. The largest absolute Gasteiger partial charge is 0.433 e. The molecule has 0 spiro atoms. The van der Waals surface area contributed by atoms with Crippen LogP contribution in [-0.2, 0) is 19.9 Å². The average molecular weight is 256 g/mol. The second-order valence-electron chi connectivity index (χ2n) is 2.88. The van der Waals surface area contributed by atoms with Crippen molar-refractivity contribution in [1.82, 2.24) is 0 Å². The number of carbonyl (C=O) groups is 1. The van der Waals surface area contributed by atoms with Crippen molar-refractivity contribution in [3.05, 3.63) is 12.2 Å². The van der Waals surface area contributed by atoms with Crippen molar-refractivity contribution in [1.29, 1.82) is 0 Å². The maximum Gasteiger partial charge on any atom is 0.394 e. The molecule has 16 heavy (non-hydrogen) atoms. The predicted molar refractivity (Wildman–Crippen MR) is 56.0 cm³/mol. The molecule has 0 aromatic rings. The van der Waals surface area contributed by atoms with Crippen LogP contribution in [0.4, 0.5) is 0 Å². The number of hydrogen-bond donors (Lipinski definition) is 3. The van der Waals surface area contributed by atoms with Gasteiger partial charge in [-0.25, -0.2) is 4.79 Å². The van der Waals surface area contributed by atoms with Crippen LogP contribution in [0.3, 0.4) is 0 Å². The highest BCUT2D eigenvalue weighted by atomic mass is 32.3. The number of carbonyl (C=O) groups excluding carboxylic acids is 1. The molecule has 0 bridgehead atoms. The molecule has 96 valence electrons. The third-order valence-electron chi connectivity index (χ3n) is 1.13. The van der Waals surface area contributed by atoms with Gasteiger partial charge in [-0.2, -0.15) is 8.42 Å². The lowest BCUT2D eigenvalue weighted by atomic mass is 10.3. The number of rotatable bonds is 4. The van der Waals surface area contributed by atoms with Gasteiger partial charge in [-0.05, 0) is 6.92 Å². The monoisotopic (exact) mass is 256 g/mol. The highest BCUT2D eigenvalue weighted by Gasteiger charge is 2.09. The topological polar surface area (TPSA) is 121 Å². The summed E-state index contributed by atoms with van der Waals surface area (Å²) in [6, 6.07) is 0. The molecule has 7 nitrogen and oxygen atoms in total. The van der Waals surface area contributed by atoms with Crippen molar-refractivity contribution in [3.63, 3.8) is 0 Å². The van der Waals surface area contributed by atoms with Gasteiger partial charge in [0, 0.05) is 12.0 Å². The SMILES string of the molecule is C=C(C)C(=O)OC(O)CCC.O=S(=O)(O)O. The zero-order chi connectivity index (χ0) is 13.4. The Bertz CT molecular complexity index is 311. The van der Waals surface area contributed by atoms with Crippen LogP contribution in [0.1, 0.15) is 26.7 Å². The van der Waals surface area contributed by atoms with Crippen molar-refractivity contribution < 1.29 is 32.2 Å². The number of hydrogen-bond acceptors (Lipinski definition) is 5. The molecule has 0 rings (SSSR count). The van der Waals surface area contributed by atoms with Gasteiger partial charge in [0.15, 0.2) is 0 Å². The van der Waals surface area contributed by atoms with Gasteiger partial charge in [0.05, 0.1) is 0 Å². The molecular formula is C8H16O7S. The summed E-state index contributed by atoms with van der Waals surface area (Å²) in [5.74, 6) is -0.536. The molecule has 0 aromatic carbocycles. The van der Waals surface area contributed by atoms with E-state index in [0.717, 1.165) is 6.42 Å². The standard InChI is InChI=1S/C8H14O3.H2O4S/c1-4-5-7(9)11-8(10)6(2)3;1-5(2,3)4/h7,9H,2,4-5H2,1,3H3;(H2,1,2,3,4). The van der Waals surface area contributed by atoms with Crippen LogP contribution in [0.5, 0.6) is 0 Å². The Balaban J connectivity index is 0. The van der Waals surface area contributed by atoms with Crippen LogP contribution in [0.25, 0.3) is 0 Å². The Morgan fingerprint density at radius 2 is 1.81 bits per heavy atom. The summed E-state index contributed by atoms with van der Waals surface area (Å²) < 4.78 is 36.2. The van der Waals surface area contributed by atoms with Gasteiger partial charge < -0.3 is 9.84 Å². The van der Waals surface area contributed by atoms with Crippen LogP contribution in [0, 0.1) is 0 Å². The number of ether oxygens (including phenoxy) is 1. The summed E-state index contributed by atoms with van der Waals surface area (Å²) in [4.78, 5) is 10.7. The van der Waals surface area contributed by atoms with Crippen LogP contribution >= 0.6 is 0 Å². The van der Waals surface area contributed by atoms with Crippen LogP contribution < -0.4 is 0 Å². The fourth-order valence-electron chi connectivity index (χ4n) is 0.530. The highest BCUT2D eigenvalue weighted by Crippen LogP contribution is 2.01. The lowest BCUT2D eigenvalue weighted by molar-refractivity contribution is -0.163. The first kappa shape index (κ1) is 17.4. The second-order valence-corrected chi connectivity index (χ2v) is 3.77. The van der Waals surface area contributed by atoms with E-state index in [-0.39, 0.29) is 0 Å². The first-order valence-electron chi connectivity index (χ1n) is 4.32. The fraction of sp³-hybridized carbons (Fsp3) is 0.625. The molecule has 0 aliphatic carbocycles. The van der Waals surface area contributed by atoms with E-state index in [9.17, 15) is 4.79 Å². The minimum atomic E-state index is -4.67. The molecule has 0 saturated carbocycles. The summed E-state index contributed by atoms with van der Waals surface area (Å²) in [5.41, 5.74) is 0.306. The van der Waals surface area contributed by atoms with Gasteiger partial charge in [0.2, 0.25) is 6.29 Å². The maximum atomic E-state index is 10.7. The third kappa shape index (κ3) is 18.8. The van der Waals surface area contributed by atoms with Crippen molar-refractivity contribution in [2.75, 3.05) is 0 Å². The van der Waals surface area contributed by atoms with Gasteiger partial charge in [-0.15, -0.1) is 0 Å². The zero-order valence-corrected chi connectivity index (χ0v) is 9.90. The van der Waals surface area contributed by atoms with E-state index in [1.54, 1.807) is 6.92 Å². The minimum Gasteiger partial charge on any atom is -0.433 e. The molecule has 8 heteroatoms. The summed E-state index contributed by atoms with van der Waals surface area (Å²) in [7, 11) is -4.67. The summed E-state index contributed by atoms with van der Waals surface area (Å²) >= 11 is 0. The molecule has 0 radical (unpaired) electrons. The summed E-state index contributed by atoms with van der Waals surface area (Å²) in [6.07, 6.45) is 0.271. The van der Waals surface area contributed by atoms with E-state index in [0.29, 0.717) is 12.0 Å². The van der Waals surface area contributed by atoms with Crippen molar-refractivity contribution in [2.45, 2.75) is 33.0 Å². The van der Waals surface area contributed by atoms with E-state index < -0.39 is 22.7 Å². The summed E-state index contributed by atoms with van der Waals surface area (Å²) in [5, 5.41) is 8.98. The fourth-order valence-corrected chi connectivity index (χ4v) is 0.530. The predicted octanol–water partition coefficient (Wildman–Crippen LogP) is 0.571. The van der Waals surface area contributed by atoms with Crippen LogP contribution in [-0.4, -0.2) is 34.9 Å². The number of esters is 1. The quantitative estimate of drug-likeness (QED) is 0.291. The van der Waals surface area contributed by atoms with Crippen LogP contribution in [0.15, 0.2) is 12.2 Å². The Morgan fingerprint density at radius 1 is 1.44 bits per heavy atom. The molecule has 0 amide bonds. The van der Waals surface area contributed by atoms with Crippen molar-refractivity contribution in [2.24, 2.45) is 0 Å². The molecule has 3 N–H and O–H groups in total.